The van der Waals surface area contributed by atoms with Crippen LogP contribution >= 0.6 is 11.8 Å². The minimum Gasteiger partial charge on any atom is -0.469 e. The number of nitrogens with zero attached hydrogens (tertiary/aromatic N) is 1. The van der Waals surface area contributed by atoms with Crippen LogP contribution in [0.5, 0.6) is 0 Å². The zero-order valence-electron chi connectivity index (χ0n) is 8.77. The summed E-state index contributed by atoms with van der Waals surface area (Å²) in [4.78, 5) is 15.2. The molecule has 0 bridgehead atoms. The molecule has 0 aromatic carbocycles. The first-order valence-corrected chi connectivity index (χ1v) is 5.54. The monoisotopic (exact) mass is 226 g/mol. The lowest BCUT2D eigenvalue weighted by Gasteiger charge is -2.07. The standard InChI is InChI=1S/C10H14N2O2S/c1-7(10(13)14-2)6-15-9-4-3-8(11)5-12-9/h3-5,7H,6,11H2,1-2H3. The molecule has 1 rings (SSSR count). The molecular formula is C10H14N2O2S. The van der Waals surface area contributed by atoms with Gasteiger partial charge in [0.05, 0.1) is 29.9 Å². The molecule has 0 aliphatic heterocycles. The summed E-state index contributed by atoms with van der Waals surface area (Å²) >= 11 is 1.51. The maximum Gasteiger partial charge on any atom is 0.309 e. The van der Waals surface area contributed by atoms with Crippen LogP contribution in [-0.2, 0) is 9.53 Å². The number of hydrogen-bond donors (Lipinski definition) is 1. The van der Waals surface area contributed by atoms with Gasteiger partial charge in [-0.05, 0) is 12.1 Å². The van der Waals surface area contributed by atoms with E-state index in [1.165, 1.54) is 18.9 Å². The van der Waals surface area contributed by atoms with Gasteiger partial charge in [-0.2, -0.15) is 0 Å². The molecule has 2 N–H and O–H groups in total. The molecule has 1 atom stereocenters. The van der Waals surface area contributed by atoms with E-state index in [9.17, 15) is 4.79 Å². The van der Waals surface area contributed by atoms with Gasteiger partial charge < -0.3 is 10.5 Å². The number of carbonyl (C=O) groups excluding carboxylic acids is 1. The highest BCUT2D eigenvalue weighted by Crippen LogP contribution is 2.19. The van der Waals surface area contributed by atoms with Crippen LogP contribution in [-0.4, -0.2) is 23.8 Å². The fraction of sp³-hybridized carbons (Fsp3) is 0.400. The normalized spacial score (nSPS) is 12.1. The van der Waals surface area contributed by atoms with Gasteiger partial charge in [-0.25, -0.2) is 4.98 Å². The molecular weight excluding hydrogens is 212 g/mol. The van der Waals surface area contributed by atoms with Crippen LogP contribution in [0.3, 0.4) is 0 Å². The number of carbonyl (C=O) groups is 1. The summed E-state index contributed by atoms with van der Waals surface area (Å²) in [5.41, 5.74) is 6.15. The number of pyridine rings is 1. The molecule has 1 unspecified atom stereocenters. The van der Waals surface area contributed by atoms with Gasteiger partial charge in [-0.3, -0.25) is 4.79 Å². The maximum absolute atomic E-state index is 11.1. The van der Waals surface area contributed by atoms with Gasteiger partial charge in [0.1, 0.15) is 0 Å². The summed E-state index contributed by atoms with van der Waals surface area (Å²) in [5, 5.41) is 0.861. The van der Waals surface area contributed by atoms with Gasteiger partial charge in [-0.1, -0.05) is 6.92 Å². The zero-order chi connectivity index (χ0) is 11.3. The molecule has 0 radical (unpaired) electrons. The molecule has 0 amide bonds. The van der Waals surface area contributed by atoms with Crippen molar-refractivity contribution in [1.82, 2.24) is 4.98 Å². The summed E-state index contributed by atoms with van der Waals surface area (Å²) in [6, 6.07) is 3.63. The van der Waals surface area contributed by atoms with E-state index in [2.05, 4.69) is 9.72 Å². The Morgan fingerprint density at radius 2 is 2.40 bits per heavy atom. The molecule has 0 aliphatic carbocycles. The molecule has 1 aromatic heterocycles. The van der Waals surface area contributed by atoms with E-state index in [4.69, 9.17) is 5.73 Å². The lowest BCUT2D eigenvalue weighted by molar-refractivity contribution is -0.143. The Balaban J connectivity index is 2.43. The minimum absolute atomic E-state index is 0.126. The van der Waals surface area contributed by atoms with E-state index in [0.29, 0.717) is 11.4 Å². The molecule has 0 saturated heterocycles. The van der Waals surface area contributed by atoms with Crippen LogP contribution < -0.4 is 5.73 Å². The summed E-state index contributed by atoms with van der Waals surface area (Å²) in [7, 11) is 1.39. The fourth-order valence-electron chi connectivity index (χ4n) is 0.957. The van der Waals surface area contributed by atoms with E-state index in [1.54, 1.807) is 12.3 Å². The summed E-state index contributed by atoms with van der Waals surface area (Å²) < 4.78 is 4.63. The second-order valence-electron chi connectivity index (χ2n) is 3.16. The average Bonchev–Trinajstić information content (AvgIpc) is 2.26. The lowest BCUT2D eigenvalue weighted by atomic mass is 10.2. The zero-order valence-corrected chi connectivity index (χ0v) is 9.58. The number of thioether (sulfide) groups is 1. The van der Waals surface area contributed by atoms with Crippen molar-refractivity contribution in [3.8, 4) is 0 Å². The SMILES string of the molecule is COC(=O)C(C)CSc1ccc(N)cn1. The van der Waals surface area contributed by atoms with Crippen LogP contribution in [0, 0.1) is 5.92 Å². The van der Waals surface area contributed by atoms with E-state index in [-0.39, 0.29) is 11.9 Å². The molecule has 5 heteroatoms. The number of nitrogens with two attached hydrogens (primary N) is 1. The third-order valence-electron chi connectivity index (χ3n) is 1.84. The summed E-state index contributed by atoms with van der Waals surface area (Å²) in [6.45, 7) is 1.83. The van der Waals surface area contributed by atoms with Crippen LogP contribution in [0.2, 0.25) is 0 Å². The lowest BCUT2D eigenvalue weighted by Crippen LogP contribution is -2.14. The van der Waals surface area contributed by atoms with E-state index < -0.39 is 0 Å². The molecule has 0 spiro atoms. The molecule has 1 aromatic rings. The molecule has 0 saturated carbocycles. The Kier molecular flexibility index (Phi) is 4.42. The fourth-order valence-corrected chi connectivity index (χ4v) is 1.81. The number of esters is 1. The predicted octanol–water partition coefficient (Wildman–Crippen LogP) is 1.56. The van der Waals surface area contributed by atoms with E-state index in [1.807, 2.05) is 13.0 Å². The molecule has 82 valence electrons. The minimum atomic E-state index is -0.196. The van der Waals surface area contributed by atoms with Crippen molar-refractivity contribution in [1.29, 1.82) is 0 Å². The average molecular weight is 226 g/mol. The Bertz CT molecular complexity index is 327. The molecule has 4 nitrogen and oxygen atoms in total. The number of anilines is 1. The summed E-state index contributed by atoms with van der Waals surface area (Å²) in [6.07, 6.45) is 1.60. The van der Waals surface area contributed by atoms with Crippen molar-refractivity contribution in [3.63, 3.8) is 0 Å². The molecule has 0 aliphatic rings. The quantitative estimate of drug-likeness (QED) is 0.623. The van der Waals surface area contributed by atoms with Gasteiger partial charge in [0, 0.05) is 5.75 Å². The largest absolute Gasteiger partial charge is 0.469 e. The topological polar surface area (TPSA) is 65.2 Å². The van der Waals surface area contributed by atoms with Crippen LogP contribution in [0.15, 0.2) is 23.4 Å². The third-order valence-corrected chi connectivity index (χ3v) is 3.05. The molecule has 0 fully saturated rings. The summed E-state index contributed by atoms with van der Waals surface area (Å²) in [5.74, 6) is 0.334. The Morgan fingerprint density at radius 1 is 1.67 bits per heavy atom. The predicted molar refractivity (Wildman–Crippen MR) is 60.6 cm³/mol. The van der Waals surface area contributed by atoms with Gasteiger partial charge in [0.25, 0.3) is 0 Å². The van der Waals surface area contributed by atoms with Crippen LogP contribution in [0.4, 0.5) is 5.69 Å². The highest BCUT2D eigenvalue weighted by molar-refractivity contribution is 7.99. The first kappa shape index (κ1) is 11.8. The highest BCUT2D eigenvalue weighted by Gasteiger charge is 2.13. The van der Waals surface area contributed by atoms with Crippen LogP contribution in [0.1, 0.15) is 6.92 Å². The maximum atomic E-state index is 11.1. The van der Waals surface area contributed by atoms with Gasteiger partial charge in [-0.15, -0.1) is 11.8 Å². The van der Waals surface area contributed by atoms with Crippen molar-refractivity contribution in [2.24, 2.45) is 5.92 Å². The van der Waals surface area contributed by atoms with Crippen molar-refractivity contribution >= 4 is 23.4 Å². The first-order valence-electron chi connectivity index (χ1n) is 4.55. The van der Waals surface area contributed by atoms with Crippen molar-refractivity contribution in [2.75, 3.05) is 18.6 Å². The Hall–Kier alpha value is -1.23. The number of rotatable bonds is 4. The second kappa shape index (κ2) is 5.60. The second-order valence-corrected chi connectivity index (χ2v) is 4.21. The van der Waals surface area contributed by atoms with E-state index in [0.717, 1.165) is 5.03 Å². The number of ether oxygens (including phenoxy) is 1. The number of aromatic nitrogens is 1. The van der Waals surface area contributed by atoms with Gasteiger partial charge in [0.15, 0.2) is 0 Å². The first-order chi connectivity index (χ1) is 7.13. The molecule has 15 heavy (non-hydrogen) atoms. The number of hydrogen-bond acceptors (Lipinski definition) is 5. The van der Waals surface area contributed by atoms with Crippen molar-refractivity contribution < 1.29 is 9.53 Å². The smallest absolute Gasteiger partial charge is 0.309 e. The number of nitrogen functional groups attached to an aromatic ring is 1. The third kappa shape index (κ3) is 3.79. The van der Waals surface area contributed by atoms with Crippen molar-refractivity contribution in [2.45, 2.75) is 11.9 Å². The van der Waals surface area contributed by atoms with Gasteiger partial charge in [0.2, 0.25) is 0 Å². The van der Waals surface area contributed by atoms with Crippen LogP contribution in [0.25, 0.3) is 0 Å². The van der Waals surface area contributed by atoms with Crippen molar-refractivity contribution in [3.05, 3.63) is 18.3 Å². The Labute approximate surface area is 93.2 Å². The van der Waals surface area contributed by atoms with E-state index >= 15 is 0 Å². The Morgan fingerprint density at radius 3 is 2.93 bits per heavy atom. The van der Waals surface area contributed by atoms with Gasteiger partial charge >= 0.3 is 5.97 Å². The molecule has 1 heterocycles. The highest BCUT2D eigenvalue weighted by atomic mass is 32.2. The number of methoxy groups -OCH3 is 1.